The fourth-order valence-electron chi connectivity index (χ4n) is 4.28. The van der Waals surface area contributed by atoms with Gasteiger partial charge in [0.2, 0.25) is 0 Å². The van der Waals surface area contributed by atoms with Crippen molar-refractivity contribution in [3.63, 3.8) is 0 Å². The monoisotopic (exact) mass is 481 g/mol. The molecular weight excluding hydrogens is 459 g/mol. The second-order valence-electron chi connectivity index (χ2n) is 8.41. The van der Waals surface area contributed by atoms with Gasteiger partial charge in [-0.1, -0.05) is 125 Å². The summed E-state index contributed by atoms with van der Waals surface area (Å²) < 4.78 is 0. The summed E-state index contributed by atoms with van der Waals surface area (Å²) >= 11 is 1.84. The van der Waals surface area contributed by atoms with Gasteiger partial charge >= 0.3 is 0 Å². The van der Waals surface area contributed by atoms with Gasteiger partial charge in [-0.2, -0.15) is 0 Å². The summed E-state index contributed by atoms with van der Waals surface area (Å²) in [6.45, 7) is 0. The summed E-state index contributed by atoms with van der Waals surface area (Å²) in [7, 11) is 0.692. The van der Waals surface area contributed by atoms with Crippen LogP contribution in [0.15, 0.2) is 137 Å². The van der Waals surface area contributed by atoms with Crippen molar-refractivity contribution in [1.82, 2.24) is 0 Å². The molecule has 0 amide bonds. The van der Waals surface area contributed by atoms with Crippen molar-refractivity contribution in [2.24, 2.45) is 0 Å². The average Bonchev–Trinajstić information content (AvgIpc) is 2.92. The fraction of sp³-hybridized carbons (Fsp3) is 0. The number of nitrogens with zero attached hydrogens (tertiary/aromatic N) is 1. The zero-order valence-electron chi connectivity index (χ0n) is 19.1. The Kier molecular flexibility index (Phi) is 6.10. The topological polar surface area (TPSA) is 3.24 Å². The molecule has 6 rings (SSSR count). The van der Waals surface area contributed by atoms with E-state index >= 15 is 0 Å². The van der Waals surface area contributed by atoms with Crippen LogP contribution >= 0.6 is 11.8 Å². The zero-order valence-corrected chi connectivity index (χ0v) is 21.0. The average molecular weight is 482 g/mol. The van der Waals surface area contributed by atoms with E-state index in [4.69, 9.17) is 0 Å². The first-order valence-corrected chi connectivity index (χ1v) is 13.5. The van der Waals surface area contributed by atoms with E-state index in [0.717, 1.165) is 0 Å². The van der Waals surface area contributed by atoms with Crippen LogP contribution in [0, 0.1) is 0 Å². The summed E-state index contributed by atoms with van der Waals surface area (Å²) in [6, 6.07) is 45.6. The molecule has 0 fully saturated rings. The lowest BCUT2D eigenvalue weighted by Crippen LogP contribution is -2.26. The first-order valence-electron chi connectivity index (χ1n) is 11.7. The summed E-state index contributed by atoms with van der Waals surface area (Å²) in [5.41, 5.74) is 6.05. The molecule has 0 aliphatic carbocycles. The highest BCUT2D eigenvalue weighted by molar-refractivity contribution is 7.99. The molecule has 5 aromatic carbocycles. The number of hydrogen-bond acceptors (Lipinski definition) is 2. The largest absolute Gasteiger partial charge is 0.308 e. The summed E-state index contributed by atoms with van der Waals surface area (Å²) in [6.07, 6.45) is 4.37. The molecule has 5 aromatic rings. The van der Waals surface area contributed by atoms with Crippen LogP contribution in [0.3, 0.4) is 0 Å². The summed E-state index contributed by atoms with van der Waals surface area (Å²) in [4.78, 5) is 4.93. The maximum atomic E-state index is 2.36. The second kappa shape index (κ2) is 9.83. The summed E-state index contributed by atoms with van der Waals surface area (Å²) in [5.74, 6) is 0. The molecule has 0 aromatic heterocycles. The number of rotatable bonds is 5. The maximum absolute atomic E-state index is 2.36. The lowest BCUT2D eigenvalue weighted by Gasteiger charge is -2.32. The Hall–Kier alpha value is -3.79. The van der Waals surface area contributed by atoms with Crippen LogP contribution in [0.1, 0.15) is 11.1 Å². The van der Waals surface area contributed by atoms with Crippen LogP contribution in [-0.2, 0) is 0 Å². The minimum atomic E-state index is 0.692. The van der Waals surface area contributed by atoms with Crippen LogP contribution in [0.4, 0.5) is 17.1 Å². The molecule has 0 saturated heterocycles. The highest BCUT2D eigenvalue weighted by Gasteiger charge is 2.23. The Bertz CT molecular complexity index is 1430. The van der Waals surface area contributed by atoms with E-state index in [-0.39, 0.29) is 0 Å². The number of para-hydroxylation sites is 2. The molecule has 0 spiro atoms. The number of anilines is 3. The van der Waals surface area contributed by atoms with Gasteiger partial charge < -0.3 is 4.90 Å². The third-order valence-electron chi connectivity index (χ3n) is 6.02. The van der Waals surface area contributed by atoms with Gasteiger partial charge in [-0.25, -0.2) is 0 Å². The van der Waals surface area contributed by atoms with Crippen molar-refractivity contribution in [3.05, 3.63) is 139 Å². The van der Waals surface area contributed by atoms with Crippen LogP contribution in [0.5, 0.6) is 0 Å². The third kappa shape index (κ3) is 4.74. The van der Waals surface area contributed by atoms with E-state index < -0.39 is 0 Å². The van der Waals surface area contributed by atoms with Crippen molar-refractivity contribution >= 4 is 60.9 Å². The Morgan fingerprint density at radius 3 is 1.57 bits per heavy atom. The van der Waals surface area contributed by atoms with E-state index in [1.807, 2.05) is 11.8 Å². The maximum Gasteiger partial charge on any atom is 0.121 e. The van der Waals surface area contributed by atoms with E-state index in [0.29, 0.717) is 9.52 Å². The van der Waals surface area contributed by atoms with E-state index in [1.54, 1.807) is 0 Å². The number of hydrogen-bond donors (Lipinski definition) is 0. The lowest BCUT2D eigenvalue weighted by molar-refractivity contribution is 1.17. The molecule has 1 heterocycles. The standard InChI is InChI=1S/C32H23NSSi/c1-2-8-27(9-3-1)35-28-22-18-25(19-23-28)15-14-24-16-20-26(21-17-24)33-29-10-4-6-12-31(29)34-32-13-7-5-11-30(32)33/h1-23H. The van der Waals surface area contributed by atoms with Gasteiger partial charge in [-0.3, -0.25) is 0 Å². The van der Waals surface area contributed by atoms with Crippen molar-refractivity contribution in [2.45, 2.75) is 9.79 Å². The van der Waals surface area contributed by atoms with E-state index in [1.165, 1.54) is 48.4 Å². The van der Waals surface area contributed by atoms with Crippen molar-refractivity contribution in [2.75, 3.05) is 4.90 Å². The highest BCUT2D eigenvalue weighted by Crippen LogP contribution is 2.50. The number of benzene rings is 5. The predicted octanol–water partition coefficient (Wildman–Crippen LogP) is 7.45. The van der Waals surface area contributed by atoms with Gasteiger partial charge in [0.05, 0.1) is 11.4 Å². The van der Waals surface area contributed by atoms with Crippen LogP contribution in [-0.4, -0.2) is 9.52 Å². The Morgan fingerprint density at radius 2 is 0.971 bits per heavy atom. The van der Waals surface area contributed by atoms with E-state index in [9.17, 15) is 0 Å². The highest BCUT2D eigenvalue weighted by atomic mass is 32.2. The summed E-state index contributed by atoms with van der Waals surface area (Å²) in [5, 5.41) is 2.73. The Morgan fingerprint density at radius 1 is 0.486 bits per heavy atom. The number of fused-ring (bicyclic) bond motifs is 2. The normalized spacial score (nSPS) is 12.4. The molecule has 0 atom stereocenters. The van der Waals surface area contributed by atoms with Crippen LogP contribution in [0.25, 0.3) is 12.2 Å². The molecular formula is C32H23NSSi. The minimum absolute atomic E-state index is 0.692. The van der Waals surface area contributed by atoms with Crippen LogP contribution in [0.2, 0.25) is 0 Å². The van der Waals surface area contributed by atoms with Crippen molar-refractivity contribution in [1.29, 1.82) is 0 Å². The van der Waals surface area contributed by atoms with Gasteiger partial charge in [0.15, 0.2) is 0 Å². The van der Waals surface area contributed by atoms with Gasteiger partial charge in [0.1, 0.15) is 9.52 Å². The molecule has 0 unspecified atom stereocenters. The predicted molar refractivity (Wildman–Crippen MR) is 152 cm³/mol. The SMILES string of the molecule is C(=Cc1ccc(N2c3ccccc3Sc3ccccc32)cc1)c1ccc([Si]c2ccccc2)cc1. The molecule has 2 radical (unpaired) electrons. The van der Waals surface area contributed by atoms with Crippen LogP contribution < -0.4 is 15.3 Å². The smallest absolute Gasteiger partial charge is 0.121 e. The molecule has 0 bridgehead atoms. The molecule has 1 nitrogen and oxygen atoms in total. The zero-order chi connectivity index (χ0) is 23.5. The van der Waals surface area contributed by atoms with Crippen molar-refractivity contribution in [3.8, 4) is 0 Å². The molecule has 0 N–H and O–H groups in total. The first-order chi connectivity index (χ1) is 17.3. The quantitative estimate of drug-likeness (QED) is 0.186. The molecule has 166 valence electrons. The van der Waals surface area contributed by atoms with Gasteiger partial charge in [0.25, 0.3) is 0 Å². The molecule has 3 heteroatoms. The van der Waals surface area contributed by atoms with Gasteiger partial charge in [-0.15, -0.1) is 0 Å². The third-order valence-corrected chi connectivity index (χ3v) is 8.40. The van der Waals surface area contributed by atoms with Gasteiger partial charge in [-0.05, 0) is 47.5 Å². The molecule has 1 aliphatic heterocycles. The first kappa shape index (κ1) is 21.7. The molecule has 1 aliphatic rings. The Labute approximate surface area is 213 Å². The second-order valence-corrected chi connectivity index (χ2v) is 10.9. The van der Waals surface area contributed by atoms with Gasteiger partial charge in [0, 0.05) is 15.5 Å². The fourth-order valence-corrected chi connectivity index (χ4v) is 6.36. The molecule has 35 heavy (non-hydrogen) atoms. The minimum Gasteiger partial charge on any atom is -0.308 e. The van der Waals surface area contributed by atoms with E-state index in [2.05, 4.69) is 144 Å². The van der Waals surface area contributed by atoms with Crippen molar-refractivity contribution < 1.29 is 0 Å². The lowest BCUT2D eigenvalue weighted by atomic mass is 10.1. The molecule has 0 saturated carbocycles. The Balaban J connectivity index is 1.21.